The highest BCUT2D eigenvalue weighted by Crippen LogP contribution is 2.31. The topological polar surface area (TPSA) is 80.7 Å². The largest absolute Gasteiger partial charge is 0.496 e. The molecule has 0 spiro atoms. The number of ether oxygens (including phenoxy) is 1. The number of methoxy groups -OCH3 is 1. The summed E-state index contributed by atoms with van der Waals surface area (Å²) >= 11 is 1.59. The summed E-state index contributed by atoms with van der Waals surface area (Å²) in [4.78, 5) is 9.01. The van der Waals surface area contributed by atoms with E-state index in [1.807, 2.05) is 35.8 Å². The van der Waals surface area contributed by atoms with Crippen molar-refractivity contribution in [3.8, 4) is 23.0 Å². The third-order valence-corrected chi connectivity index (χ3v) is 5.25. The van der Waals surface area contributed by atoms with E-state index in [1.54, 1.807) is 18.4 Å². The van der Waals surface area contributed by atoms with Crippen LogP contribution in [0.2, 0.25) is 0 Å². The number of aromatic amines is 1. The van der Waals surface area contributed by atoms with Gasteiger partial charge in [0.25, 0.3) is 0 Å². The average molecular weight is 380 g/mol. The monoisotopic (exact) mass is 380 g/mol. The molecule has 3 aromatic heterocycles. The SMILES string of the molecule is COc1ccccc1CNc1nc(-c2cc(C)n(-c3ncn[nH]3)c2C)cs1. The summed E-state index contributed by atoms with van der Waals surface area (Å²) in [5, 5.41) is 13.2. The Labute approximate surface area is 161 Å². The highest BCUT2D eigenvalue weighted by atomic mass is 32.1. The van der Waals surface area contributed by atoms with Crippen molar-refractivity contribution in [1.29, 1.82) is 0 Å². The number of benzene rings is 1. The van der Waals surface area contributed by atoms with E-state index >= 15 is 0 Å². The van der Waals surface area contributed by atoms with Crippen molar-refractivity contribution in [2.24, 2.45) is 0 Å². The zero-order valence-electron chi connectivity index (χ0n) is 15.4. The van der Waals surface area contributed by atoms with Crippen LogP contribution in [0.25, 0.3) is 17.2 Å². The first kappa shape index (κ1) is 17.3. The van der Waals surface area contributed by atoms with Crippen LogP contribution in [-0.4, -0.2) is 31.8 Å². The third kappa shape index (κ3) is 3.31. The molecule has 2 N–H and O–H groups in total. The Morgan fingerprint density at radius 2 is 2.11 bits per heavy atom. The molecule has 0 aliphatic carbocycles. The number of aromatic nitrogens is 5. The molecule has 27 heavy (non-hydrogen) atoms. The minimum atomic E-state index is 0.661. The van der Waals surface area contributed by atoms with Crippen LogP contribution in [0.4, 0.5) is 5.13 Å². The molecule has 3 heterocycles. The fourth-order valence-electron chi connectivity index (χ4n) is 3.15. The summed E-state index contributed by atoms with van der Waals surface area (Å²) in [6.07, 6.45) is 1.51. The van der Waals surface area contributed by atoms with Crippen molar-refractivity contribution in [3.05, 3.63) is 59.0 Å². The lowest BCUT2D eigenvalue weighted by Crippen LogP contribution is -2.02. The lowest BCUT2D eigenvalue weighted by atomic mass is 10.2. The number of nitrogens with one attached hydrogen (secondary N) is 2. The predicted molar refractivity (Wildman–Crippen MR) is 107 cm³/mol. The molecule has 0 fully saturated rings. The number of H-pyrrole nitrogens is 1. The van der Waals surface area contributed by atoms with Crippen LogP contribution in [-0.2, 0) is 6.54 Å². The molecule has 1 aromatic carbocycles. The fraction of sp³-hybridized carbons (Fsp3) is 0.211. The number of hydrogen-bond acceptors (Lipinski definition) is 6. The lowest BCUT2D eigenvalue weighted by molar-refractivity contribution is 0.410. The molecule has 4 rings (SSSR count). The number of para-hydroxylation sites is 1. The molecule has 7 nitrogen and oxygen atoms in total. The number of anilines is 1. The van der Waals surface area contributed by atoms with Gasteiger partial charge < -0.3 is 10.1 Å². The predicted octanol–water partition coefficient (Wildman–Crippen LogP) is 3.96. The minimum absolute atomic E-state index is 0.661. The van der Waals surface area contributed by atoms with E-state index in [-0.39, 0.29) is 0 Å². The van der Waals surface area contributed by atoms with E-state index in [4.69, 9.17) is 9.72 Å². The number of thiazole rings is 1. The van der Waals surface area contributed by atoms with E-state index < -0.39 is 0 Å². The van der Waals surface area contributed by atoms with Crippen LogP contribution in [0.1, 0.15) is 17.0 Å². The fourth-order valence-corrected chi connectivity index (χ4v) is 3.86. The molecule has 0 radical (unpaired) electrons. The van der Waals surface area contributed by atoms with Gasteiger partial charge >= 0.3 is 0 Å². The van der Waals surface area contributed by atoms with Gasteiger partial charge in [-0.05, 0) is 26.0 Å². The van der Waals surface area contributed by atoms with Crippen molar-refractivity contribution in [2.75, 3.05) is 12.4 Å². The van der Waals surface area contributed by atoms with Crippen molar-refractivity contribution >= 4 is 16.5 Å². The maximum atomic E-state index is 5.40. The van der Waals surface area contributed by atoms with Gasteiger partial charge in [0.15, 0.2) is 5.13 Å². The van der Waals surface area contributed by atoms with Crippen molar-refractivity contribution in [2.45, 2.75) is 20.4 Å². The molecule has 0 unspecified atom stereocenters. The molecule has 0 aliphatic heterocycles. The van der Waals surface area contributed by atoms with E-state index in [1.165, 1.54) is 6.33 Å². The van der Waals surface area contributed by atoms with Gasteiger partial charge in [0, 0.05) is 34.4 Å². The summed E-state index contributed by atoms with van der Waals surface area (Å²) in [7, 11) is 1.69. The highest BCUT2D eigenvalue weighted by Gasteiger charge is 2.16. The molecule has 0 saturated heterocycles. The molecule has 0 amide bonds. The van der Waals surface area contributed by atoms with E-state index in [2.05, 4.69) is 38.9 Å². The third-order valence-electron chi connectivity index (χ3n) is 4.45. The quantitative estimate of drug-likeness (QED) is 0.529. The van der Waals surface area contributed by atoms with Gasteiger partial charge in [-0.2, -0.15) is 10.1 Å². The van der Waals surface area contributed by atoms with Crippen LogP contribution in [0.3, 0.4) is 0 Å². The molecule has 4 aromatic rings. The smallest absolute Gasteiger partial charge is 0.229 e. The Hall–Kier alpha value is -3.13. The Kier molecular flexibility index (Phi) is 4.64. The van der Waals surface area contributed by atoms with E-state index in [9.17, 15) is 0 Å². The van der Waals surface area contributed by atoms with Gasteiger partial charge in [-0.1, -0.05) is 18.2 Å². The molecule has 0 saturated carbocycles. The lowest BCUT2D eigenvalue weighted by Gasteiger charge is -2.08. The first-order valence-electron chi connectivity index (χ1n) is 8.53. The summed E-state index contributed by atoms with van der Waals surface area (Å²) < 4.78 is 7.45. The van der Waals surface area contributed by atoms with Crippen molar-refractivity contribution < 1.29 is 4.74 Å². The van der Waals surface area contributed by atoms with Crippen LogP contribution in [0, 0.1) is 13.8 Å². The van der Waals surface area contributed by atoms with Gasteiger partial charge in [-0.3, -0.25) is 4.57 Å². The Bertz CT molecular complexity index is 1050. The zero-order chi connectivity index (χ0) is 18.8. The van der Waals surface area contributed by atoms with Crippen molar-refractivity contribution in [1.82, 2.24) is 24.7 Å². The molecular formula is C19H20N6OS. The normalized spacial score (nSPS) is 10.9. The Morgan fingerprint density at radius 1 is 1.26 bits per heavy atom. The highest BCUT2D eigenvalue weighted by molar-refractivity contribution is 7.14. The van der Waals surface area contributed by atoms with Crippen molar-refractivity contribution in [3.63, 3.8) is 0 Å². The molecule has 0 atom stereocenters. The number of rotatable bonds is 6. The number of aryl methyl sites for hydroxylation is 1. The van der Waals surface area contributed by atoms with Crippen LogP contribution in [0.5, 0.6) is 5.75 Å². The molecule has 0 bridgehead atoms. The average Bonchev–Trinajstić information content (AvgIpc) is 3.41. The molecular weight excluding hydrogens is 360 g/mol. The molecule has 8 heteroatoms. The van der Waals surface area contributed by atoms with Gasteiger partial charge in [0.05, 0.1) is 12.8 Å². The second-order valence-electron chi connectivity index (χ2n) is 6.13. The van der Waals surface area contributed by atoms with Crippen LogP contribution in [0.15, 0.2) is 42.0 Å². The zero-order valence-corrected chi connectivity index (χ0v) is 16.2. The van der Waals surface area contributed by atoms with Crippen LogP contribution < -0.4 is 10.1 Å². The number of hydrogen-bond donors (Lipinski definition) is 2. The molecule has 138 valence electrons. The maximum Gasteiger partial charge on any atom is 0.229 e. The minimum Gasteiger partial charge on any atom is -0.496 e. The summed E-state index contributed by atoms with van der Waals surface area (Å²) in [6.45, 7) is 4.77. The second-order valence-corrected chi connectivity index (χ2v) is 6.99. The Balaban J connectivity index is 1.56. The first-order valence-corrected chi connectivity index (χ1v) is 9.41. The van der Waals surface area contributed by atoms with E-state index in [0.29, 0.717) is 12.5 Å². The summed E-state index contributed by atoms with van der Waals surface area (Å²) in [5.74, 6) is 1.58. The summed E-state index contributed by atoms with van der Waals surface area (Å²) in [6, 6.07) is 10.1. The van der Waals surface area contributed by atoms with Gasteiger partial charge in [0.1, 0.15) is 12.1 Å². The van der Waals surface area contributed by atoms with Gasteiger partial charge in [0.2, 0.25) is 5.95 Å². The molecule has 0 aliphatic rings. The standard InChI is InChI=1S/C19H20N6OS/c1-12-8-15(13(2)25(12)18-21-11-22-24-18)16-10-27-19(23-16)20-9-14-6-4-5-7-17(14)26-3/h4-8,10-11H,9H2,1-3H3,(H,20,23)(H,21,22,24). The van der Waals surface area contributed by atoms with Gasteiger partial charge in [-0.25, -0.2) is 10.1 Å². The van der Waals surface area contributed by atoms with Crippen LogP contribution >= 0.6 is 11.3 Å². The first-order chi connectivity index (χ1) is 13.2. The van der Waals surface area contributed by atoms with E-state index in [0.717, 1.165) is 39.1 Å². The van der Waals surface area contributed by atoms with Gasteiger partial charge in [-0.15, -0.1) is 11.3 Å². The maximum absolute atomic E-state index is 5.40. The second kappa shape index (κ2) is 7.24. The Morgan fingerprint density at radius 3 is 2.89 bits per heavy atom. The summed E-state index contributed by atoms with van der Waals surface area (Å²) in [5.41, 5.74) is 5.29. The number of nitrogens with zero attached hydrogens (tertiary/aromatic N) is 4.